The third kappa shape index (κ3) is 23.8. The van der Waals surface area contributed by atoms with E-state index in [1.807, 2.05) is 0 Å². The number of hydrogen-bond donors (Lipinski definition) is 32. The molecule has 56 nitrogen and oxygen atoms in total. The summed E-state index contributed by atoms with van der Waals surface area (Å²) in [5, 5.41) is 320. The minimum absolute atomic E-state index is 0.0847. The Morgan fingerprint density at radius 3 is 1.21 bits per heavy atom. The van der Waals surface area contributed by atoms with Gasteiger partial charge < -0.3 is 259 Å². The van der Waals surface area contributed by atoms with Gasteiger partial charge in [0.25, 0.3) is 5.79 Å². The number of carbonyl (C=O) groups excluding carboxylic acids is 3. The Morgan fingerprint density at radius 1 is 0.375 bits per heavy atom. The number of carboxylic acid groups (broad SMARTS) is 1. The first-order chi connectivity index (χ1) is 60.6. The third-order valence-electron chi connectivity index (χ3n) is 23.7. The Labute approximate surface area is 726 Å². The van der Waals surface area contributed by atoms with E-state index in [0.29, 0.717) is 0 Å². The predicted molar refractivity (Wildman–Crippen MR) is 396 cm³/mol. The van der Waals surface area contributed by atoms with E-state index >= 15 is 0 Å². The van der Waals surface area contributed by atoms with E-state index in [2.05, 4.69) is 16.0 Å². The molecular weight excluding hydrogens is 1750 g/mol. The Balaban J connectivity index is 0.960. The zero-order valence-corrected chi connectivity index (χ0v) is 69.1. The molecule has 0 bridgehead atoms. The highest BCUT2D eigenvalue weighted by Gasteiger charge is 2.62. The van der Waals surface area contributed by atoms with Crippen molar-refractivity contribution in [1.29, 1.82) is 0 Å². The van der Waals surface area contributed by atoms with Crippen LogP contribution < -0.4 is 21.7 Å². The minimum atomic E-state index is -2.94. The highest BCUT2D eigenvalue weighted by atomic mass is 16.8. The average molecular weight is 1880 g/mol. The van der Waals surface area contributed by atoms with Gasteiger partial charge in [-0.05, 0) is 0 Å². The van der Waals surface area contributed by atoms with Gasteiger partial charge in [0.15, 0.2) is 56.6 Å². The predicted octanol–water partition coefficient (Wildman–Crippen LogP) is -20.9. The summed E-state index contributed by atoms with van der Waals surface area (Å²) >= 11 is 0. The van der Waals surface area contributed by atoms with Gasteiger partial charge in [-0.3, -0.25) is 14.4 Å². The number of ether oxygens (including phenoxy) is 20. The zero-order chi connectivity index (χ0) is 94.3. The van der Waals surface area contributed by atoms with E-state index in [0.717, 1.165) is 20.8 Å². The number of aliphatic hydroxyl groups is 27. The fourth-order valence-corrected chi connectivity index (χ4v) is 16.5. The molecule has 128 heavy (non-hydrogen) atoms. The van der Waals surface area contributed by atoms with Crippen molar-refractivity contribution in [2.24, 2.45) is 11.7 Å². The largest absolute Gasteiger partial charge is 0.477 e. The molecule has 3 amide bonds. The van der Waals surface area contributed by atoms with Gasteiger partial charge in [0.1, 0.15) is 220 Å². The molecule has 742 valence electrons. The van der Waals surface area contributed by atoms with E-state index in [4.69, 9.17) is 100 Å². The molecule has 33 N–H and O–H groups in total. The summed E-state index contributed by atoms with van der Waals surface area (Å²) in [4.78, 5) is 51.8. The van der Waals surface area contributed by atoms with Crippen LogP contribution in [0, 0.1) is 5.92 Å². The number of nitrogens with one attached hydrogen (secondary N) is 3. The first-order valence-corrected chi connectivity index (χ1v) is 41.2. The number of hydrogen-bond acceptors (Lipinski definition) is 52. The van der Waals surface area contributed by atoms with E-state index in [9.17, 15) is 162 Å². The number of aliphatic carboxylic acids is 1. The molecule has 56 heteroatoms. The molecule has 10 fully saturated rings. The van der Waals surface area contributed by atoms with E-state index < -0.39 is 409 Å². The van der Waals surface area contributed by atoms with Gasteiger partial charge in [-0.15, -0.1) is 0 Å². The third-order valence-corrected chi connectivity index (χ3v) is 23.7. The highest BCUT2D eigenvalue weighted by molar-refractivity contribution is 5.76. The Morgan fingerprint density at radius 2 is 0.742 bits per heavy atom. The van der Waals surface area contributed by atoms with Crippen molar-refractivity contribution in [2.75, 3.05) is 79.2 Å². The molecule has 50 atom stereocenters. The number of aliphatic hydroxyl groups excluding tert-OH is 27. The van der Waals surface area contributed by atoms with Crippen LogP contribution in [0.5, 0.6) is 0 Å². The SMILES string of the molecule is CC(=O)NC1[C@H](OCCN)OC(CO)[C@@H](O[C@@H]2OC(CO)[C@@H](O[C@@H]3OC(CO[C@H]4OC(CO[C@H]5OC(CO)[C@@H](O)[C@H](O)C5O)[C@@H](O)[C@H](O[C@@H]5CC(O)[C@H](O)C(CO)O5)C4O)[C@@H](O)[C@H](O[C@H]4OC(CO)[C@@H](O)C(O)C4O[C@@H]4OC(CO)[C@@H](O[C@@H]5OC(CO[C@]6(C(=O)O)CC(O)[C@@H](C)C([C@H](O)[C@H](O)CO)O6)[C@H](O)[C@H](O)C5O)[C@H](O)C4NC(C)=O)C3O)[C@H](O)C2NC(C)=O)[C@@H]1O. The summed E-state index contributed by atoms with van der Waals surface area (Å²) in [6.45, 7) is -6.97. The fourth-order valence-electron chi connectivity index (χ4n) is 16.5. The molecule has 0 spiro atoms. The molecule has 0 saturated carbocycles. The molecule has 10 aliphatic heterocycles. The van der Waals surface area contributed by atoms with Crippen LogP contribution in [-0.4, -0.2) is 546 Å². The standard InChI is InChI=1S/C72H122N4O52/c1-19-24(88)8-72(71(107)108,128-56(19)40(91)25(89)9-77)112-18-34-43(94)50(101)53(104)68(121-34)124-58-30(14-82)118-65(38(48(58)99)76-22(4)86)127-62-51(102)42(93)28(12-80)115-70(62)126-61-45(96)33(17-111-67-54(105)60(122-35-7-23(87)39(90)26(10-78)113-35)44(95)32(119-67)16-110-66-52(103)49(100)41(92)27(11-79)114-66)120-69(55(61)106)125-59-31(15-83)117-64(37(47(59)98)75-21(3)85)123-57-29(13-81)116-63(109-6-5-73)36(46(57)97)74-20(2)84/h19,23-70,77-83,87-106H,5-18,73H2,1-4H3,(H,74,84)(H,75,85)(H,76,86)(H,107,108)/t19-,23?,24?,25-,26?,27?,28?,29?,30?,31?,32?,33?,34?,35-,36?,37?,38?,39+,40-,41-,42-,43+,44-,45-,46-,47-,48-,49+,50+,51?,52?,53?,54?,55?,56?,57-,58-,59-,60+,61+,62?,63-,64+,65+,66+,67+,68+,69+,70-,72-/m1/s1. The van der Waals surface area contributed by atoms with Crippen LogP contribution in [-0.2, 0) is 114 Å². The Kier molecular flexibility index (Phi) is 38.7. The quantitative estimate of drug-likeness (QED) is 0.0275. The second-order valence-electron chi connectivity index (χ2n) is 32.6. The summed E-state index contributed by atoms with van der Waals surface area (Å²) in [6.07, 6.45) is -94.7. The maximum atomic E-state index is 13.2. The van der Waals surface area contributed by atoms with Crippen LogP contribution in [0.15, 0.2) is 0 Å². The highest BCUT2D eigenvalue weighted by Crippen LogP contribution is 2.42. The van der Waals surface area contributed by atoms with Crippen LogP contribution in [0.1, 0.15) is 40.5 Å². The molecule has 0 aromatic rings. The van der Waals surface area contributed by atoms with Gasteiger partial charge in [0.05, 0.1) is 91.0 Å². The van der Waals surface area contributed by atoms with Crippen molar-refractivity contribution < 1.29 is 257 Å². The summed E-state index contributed by atoms with van der Waals surface area (Å²) in [5.74, 6) is -8.72. The molecule has 0 aromatic carbocycles. The van der Waals surface area contributed by atoms with Crippen molar-refractivity contribution in [2.45, 2.75) is 341 Å². The van der Waals surface area contributed by atoms with Crippen molar-refractivity contribution in [3.05, 3.63) is 0 Å². The molecule has 21 unspecified atom stereocenters. The van der Waals surface area contributed by atoms with Gasteiger partial charge in [-0.1, -0.05) is 6.92 Å². The van der Waals surface area contributed by atoms with Crippen LogP contribution >= 0.6 is 0 Å². The van der Waals surface area contributed by atoms with Crippen molar-refractivity contribution >= 4 is 23.7 Å². The van der Waals surface area contributed by atoms with E-state index in [-0.39, 0.29) is 13.2 Å². The lowest BCUT2D eigenvalue weighted by atomic mass is 9.84. The molecule has 10 aliphatic rings. The number of carbonyl (C=O) groups is 4. The fraction of sp³-hybridized carbons (Fsp3) is 0.944. The van der Waals surface area contributed by atoms with Crippen LogP contribution in [0.2, 0.25) is 0 Å². The maximum absolute atomic E-state index is 13.2. The monoisotopic (exact) mass is 1870 g/mol. The number of rotatable bonds is 37. The van der Waals surface area contributed by atoms with Crippen molar-refractivity contribution in [3.8, 4) is 0 Å². The zero-order valence-electron chi connectivity index (χ0n) is 69.1. The normalized spacial score (nSPS) is 47.9. The Hall–Kier alpha value is -4.04. The molecule has 10 saturated heterocycles. The maximum Gasteiger partial charge on any atom is 0.364 e. The summed E-state index contributed by atoms with van der Waals surface area (Å²) in [5.41, 5.74) is 5.63. The molecule has 0 aliphatic carbocycles. The first kappa shape index (κ1) is 106. The molecular formula is C72H122N4O52. The summed E-state index contributed by atoms with van der Waals surface area (Å²) in [6, 6.07) is -5.51. The number of carboxylic acids is 1. The van der Waals surface area contributed by atoms with Crippen molar-refractivity contribution in [3.63, 3.8) is 0 Å². The summed E-state index contributed by atoms with van der Waals surface area (Å²) < 4.78 is 119. The Bertz CT molecular complexity index is 3440. The number of amides is 3. The van der Waals surface area contributed by atoms with Crippen LogP contribution in [0.3, 0.4) is 0 Å². The second-order valence-corrected chi connectivity index (χ2v) is 32.6. The summed E-state index contributed by atoms with van der Waals surface area (Å²) in [7, 11) is 0. The van der Waals surface area contributed by atoms with Gasteiger partial charge in [0.2, 0.25) is 17.7 Å². The molecule has 10 rings (SSSR count). The second kappa shape index (κ2) is 46.7. The van der Waals surface area contributed by atoms with Gasteiger partial charge in [-0.25, -0.2) is 4.79 Å². The van der Waals surface area contributed by atoms with Gasteiger partial charge >= 0.3 is 5.97 Å². The first-order valence-electron chi connectivity index (χ1n) is 41.2. The van der Waals surface area contributed by atoms with Crippen LogP contribution in [0.25, 0.3) is 0 Å². The van der Waals surface area contributed by atoms with Gasteiger partial charge in [-0.2, -0.15) is 0 Å². The van der Waals surface area contributed by atoms with E-state index in [1.165, 1.54) is 6.92 Å². The molecule has 0 aromatic heterocycles. The number of nitrogens with two attached hydrogens (primary N) is 1. The molecule has 0 radical (unpaired) electrons. The smallest absolute Gasteiger partial charge is 0.364 e. The topological polar surface area (TPSA) is 881 Å². The molecule has 10 heterocycles. The lowest BCUT2D eigenvalue weighted by Crippen LogP contribution is -2.71. The van der Waals surface area contributed by atoms with Crippen molar-refractivity contribution in [1.82, 2.24) is 16.0 Å². The average Bonchev–Trinajstić information content (AvgIpc) is 0.753. The van der Waals surface area contributed by atoms with Gasteiger partial charge in [0, 0.05) is 46.1 Å². The van der Waals surface area contributed by atoms with Crippen LogP contribution in [0.4, 0.5) is 0 Å². The van der Waals surface area contributed by atoms with E-state index in [1.54, 1.807) is 0 Å². The lowest BCUT2D eigenvalue weighted by Gasteiger charge is -2.51. The lowest BCUT2D eigenvalue weighted by molar-refractivity contribution is -0.398. The minimum Gasteiger partial charge on any atom is -0.477 e.